The van der Waals surface area contributed by atoms with Gasteiger partial charge in [0.2, 0.25) is 0 Å². The molecule has 0 bridgehead atoms. The zero-order chi connectivity index (χ0) is 16.6. The molecule has 0 aromatic carbocycles. The number of imidazole rings is 1. The van der Waals surface area contributed by atoms with Crippen molar-refractivity contribution in [1.82, 2.24) is 19.5 Å². The topological polar surface area (TPSA) is 140 Å². The normalized spacial score (nSPS) is 29.2. The molecular weight excluding hydrogens is 302 g/mol. The van der Waals surface area contributed by atoms with Crippen LogP contribution in [0.1, 0.15) is 32.4 Å². The fourth-order valence-electron chi connectivity index (χ4n) is 2.87. The van der Waals surface area contributed by atoms with Gasteiger partial charge in [0.1, 0.15) is 30.2 Å². The number of hydrogen-bond acceptors (Lipinski definition) is 8. The van der Waals surface area contributed by atoms with Gasteiger partial charge in [0.15, 0.2) is 17.7 Å². The molecule has 1 aliphatic heterocycles. The molecule has 0 spiro atoms. The number of nitrogens with zero attached hydrogens (tertiary/aromatic N) is 4. The van der Waals surface area contributed by atoms with Gasteiger partial charge in [0.25, 0.3) is 0 Å². The van der Waals surface area contributed by atoms with Gasteiger partial charge in [-0.15, -0.1) is 0 Å². The molecule has 3 heterocycles. The number of anilines is 1. The van der Waals surface area contributed by atoms with Crippen molar-refractivity contribution in [1.29, 1.82) is 0 Å². The first-order valence-corrected chi connectivity index (χ1v) is 7.67. The smallest absolute Gasteiger partial charge is 0.167 e. The lowest BCUT2D eigenvalue weighted by molar-refractivity contribution is -0.0857. The van der Waals surface area contributed by atoms with Crippen LogP contribution < -0.4 is 5.73 Å². The van der Waals surface area contributed by atoms with E-state index in [1.54, 1.807) is 0 Å². The first-order valence-electron chi connectivity index (χ1n) is 7.67. The van der Waals surface area contributed by atoms with Gasteiger partial charge >= 0.3 is 0 Å². The number of nitrogens with two attached hydrogens (primary N) is 1. The van der Waals surface area contributed by atoms with E-state index in [1.807, 2.05) is 6.92 Å². The van der Waals surface area contributed by atoms with Crippen molar-refractivity contribution in [2.45, 2.75) is 56.8 Å². The highest BCUT2D eigenvalue weighted by Gasteiger charge is 2.47. The van der Waals surface area contributed by atoms with Crippen LogP contribution in [-0.4, -0.2) is 59.3 Å². The van der Waals surface area contributed by atoms with Gasteiger partial charge in [-0.3, -0.25) is 4.57 Å². The van der Waals surface area contributed by atoms with Crippen molar-refractivity contribution in [3.63, 3.8) is 0 Å². The standard InChI is InChI=1S/C14H21N5O4/c1-2-3-4-7(20)11-9(21)10(22)14(23-11)19-6-18-8-12(15)16-5-17-13(8)19/h5-7,9-11,14,20-22H,2-4H2,1H3,(H2,15,16,17)/t7-,9+,10-,11-,14?/m1/s1. The van der Waals surface area contributed by atoms with Crippen molar-refractivity contribution in [3.05, 3.63) is 12.7 Å². The van der Waals surface area contributed by atoms with Crippen LogP contribution in [0.4, 0.5) is 5.82 Å². The summed E-state index contributed by atoms with van der Waals surface area (Å²) in [5, 5.41) is 30.7. The first kappa shape index (κ1) is 16.1. The molecule has 23 heavy (non-hydrogen) atoms. The third-order valence-electron chi connectivity index (χ3n) is 4.17. The summed E-state index contributed by atoms with van der Waals surface area (Å²) < 4.78 is 7.20. The van der Waals surface area contributed by atoms with Gasteiger partial charge in [-0.2, -0.15) is 0 Å². The lowest BCUT2D eigenvalue weighted by atomic mass is 10.0. The zero-order valence-corrected chi connectivity index (χ0v) is 12.8. The van der Waals surface area contributed by atoms with E-state index in [4.69, 9.17) is 10.5 Å². The number of ether oxygens (including phenoxy) is 1. The minimum Gasteiger partial charge on any atom is -0.390 e. The Morgan fingerprint density at radius 2 is 2.09 bits per heavy atom. The van der Waals surface area contributed by atoms with Gasteiger partial charge in [-0.1, -0.05) is 19.8 Å². The molecule has 5 atom stereocenters. The van der Waals surface area contributed by atoms with Crippen molar-refractivity contribution >= 4 is 17.0 Å². The van der Waals surface area contributed by atoms with E-state index in [-0.39, 0.29) is 5.82 Å². The molecule has 9 nitrogen and oxygen atoms in total. The average molecular weight is 323 g/mol. The Bertz CT molecular complexity index is 678. The minimum absolute atomic E-state index is 0.223. The van der Waals surface area contributed by atoms with Gasteiger partial charge in [0, 0.05) is 0 Å². The highest BCUT2D eigenvalue weighted by atomic mass is 16.6. The second-order valence-corrected chi connectivity index (χ2v) is 5.76. The van der Waals surface area contributed by atoms with E-state index < -0.39 is 30.6 Å². The lowest BCUT2D eigenvalue weighted by Gasteiger charge is -2.20. The summed E-state index contributed by atoms with van der Waals surface area (Å²) >= 11 is 0. The Morgan fingerprint density at radius 1 is 1.30 bits per heavy atom. The molecule has 0 amide bonds. The number of aliphatic hydroxyl groups is 3. The summed E-state index contributed by atoms with van der Waals surface area (Å²) in [5.41, 5.74) is 6.54. The number of nitrogen functional groups attached to an aromatic ring is 1. The highest BCUT2D eigenvalue weighted by Crippen LogP contribution is 2.34. The number of rotatable bonds is 5. The van der Waals surface area contributed by atoms with Crippen LogP contribution in [0.25, 0.3) is 11.2 Å². The number of aliphatic hydroxyl groups excluding tert-OH is 3. The van der Waals surface area contributed by atoms with Crippen molar-refractivity contribution in [2.24, 2.45) is 0 Å². The predicted octanol–water partition coefficient (Wildman–Crippen LogP) is -0.421. The minimum atomic E-state index is -1.20. The third-order valence-corrected chi connectivity index (χ3v) is 4.17. The van der Waals surface area contributed by atoms with E-state index in [2.05, 4.69) is 15.0 Å². The maximum Gasteiger partial charge on any atom is 0.167 e. The second-order valence-electron chi connectivity index (χ2n) is 5.76. The molecule has 3 rings (SSSR count). The molecule has 2 aromatic rings. The Hall–Kier alpha value is -1.81. The number of unbranched alkanes of at least 4 members (excludes halogenated alkanes) is 1. The maximum atomic E-state index is 10.3. The maximum absolute atomic E-state index is 10.3. The molecule has 1 saturated heterocycles. The summed E-state index contributed by atoms with van der Waals surface area (Å²) in [6.07, 6.45) is -0.0489. The largest absolute Gasteiger partial charge is 0.390 e. The average Bonchev–Trinajstić information content (AvgIpc) is 3.09. The van der Waals surface area contributed by atoms with Gasteiger partial charge in [-0.05, 0) is 6.42 Å². The van der Waals surface area contributed by atoms with Gasteiger partial charge in [-0.25, -0.2) is 15.0 Å². The molecule has 2 aromatic heterocycles. The van der Waals surface area contributed by atoms with E-state index in [1.165, 1.54) is 17.2 Å². The molecule has 5 N–H and O–H groups in total. The molecule has 0 radical (unpaired) electrons. The number of aromatic nitrogens is 4. The molecule has 1 aliphatic rings. The highest BCUT2D eigenvalue weighted by molar-refractivity contribution is 5.81. The van der Waals surface area contributed by atoms with Crippen molar-refractivity contribution in [3.8, 4) is 0 Å². The molecule has 9 heteroatoms. The Balaban J connectivity index is 1.86. The van der Waals surface area contributed by atoms with Crippen LogP contribution in [0.3, 0.4) is 0 Å². The van der Waals surface area contributed by atoms with E-state index >= 15 is 0 Å². The van der Waals surface area contributed by atoms with Crippen LogP contribution >= 0.6 is 0 Å². The second kappa shape index (κ2) is 6.36. The van der Waals surface area contributed by atoms with Crippen LogP contribution in [0.2, 0.25) is 0 Å². The van der Waals surface area contributed by atoms with Crippen LogP contribution in [0, 0.1) is 0 Å². The van der Waals surface area contributed by atoms with Crippen LogP contribution in [-0.2, 0) is 4.74 Å². The fourth-order valence-corrected chi connectivity index (χ4v) is 2.87. The van der Waals surface area contributed by atoms with Crippen LogP contribution in [0.5, 0.6) is 0 Å². The summed E-state index contributed by atoms with van der Waals surface area (Å²) in [6, 6.07) is 0. The molecule has 1 fully saturated rings. The first-order chi connectivity index (χ1) is 11.0. The third kappa shape index (κ3) is 2.76. The fraction of sp³-hybridized carbons (Fsp3) is 0.643. The summed E-state index contributed by atoms with van der Waals surface area (Å²) in [7, 11) is 0. The van der Waals surface area contributed by atoms with E-state index in [9.17, 15) is 15.3 Å². The van der Waals surface area contributed by atoms with Gasteiger partial charge in [0.05, 0.1) is 12.4 Å². The Kier molecular flexibility index (Phi) is 4.44. The van der Waals surface area contributed by atoms with Crippen molar-refractivity contribution < 1.29 is 20.1 Å². The number of fused-ring (bicyclic) bond motifs is 1. The summed E-state index contributed by atoms with van der Waals surface area (Å²) in [5.74, 6) is 0.223. The quantitative estimate of drug-likeness (QED) is 0.581. The number of hydrogen-bond donors (Lipinski definition) is 4. The molecule has 0 aliphatic carbocycles. The Morgan fingerprint density at radius 3 is 2.83 bits per heavy atom. The summed E-state index contributed by atoms with van der Waals surface area (Å²) in [4.78, 5) is 12.1. The predicted molar refractivity (Wildman–Crippen MR) is 81.2 cm³/mol. The van der Waals surface area contributed by atoms with E-state index in [0.29, 0.717) is 17.6 Å². The summed E-state index contributed by atoms with van der Waals surface area (Å²) in [6.45, 7) is 2.01. The molecule has 126 valence electrons. The van der Waals surface area contributed by atoms with Gasteiger partial charge < -0.3 is 25.8 Å². The monoisotopic (exact) mass is 323 g/mol. The Labute approximate surface area is 132 Å². The van der Waals surface area contributed by atoms with Crippen molar-refractivity contribution in [2.75, 3.05) is 5.73 Å². The lowest BCUT2D eigenvalue weighted by Crippen LogP contribution is -2.38. The SMILES string of the molecule is CCCC[C@@H](O)[C@H]1OC(n2cnc3c(N)ncnc32)[C@H](O)[C@@H]1O. The van der Waals surface area contributed by atoms with Crippen LogP contribution in [0.15, 0.2) is 12.7 Å². The molecule has 0 saturated carbocycles. The molecular formula is C14H21N5O4. The molecule has 1 unspecified atom stereocenters. The van der Waals surface area contributed by atoms with E-state index in [0.717, 1.165) is 12.8 Å². The zero-order valence-electron chi connectivity index (χ0n) is 12.8.